The predicted molar refractivity (Wildman–Crippen MR) is 54.1 cm³/mol. The van der Waals surface area contributed by atoms with Crippen LogP contribution in [0, 0.1) is 0 Å². The van der Waals surface area contributed by atoms with Crippen molar-refractivity contribution in [2.75, 3.05) is 13.6 Å². The molecular formula is C10H18N2O. The number of rotatable bonds is 1. The van der Waals surface area contributed by atoms with E-state index in [1.54, 1.807) is 14.0 Å². The van der Waals surface area contributed by atoms with Crippen molar-refractivity contribution in [1.29, 1.82) is 0 Å². The van der Waals surface area contributed by atoms with Crippen LogP contribution in [0.3, 0.4) is 0 Å². The van der Waals surface area contributed by atoms with Crippen molar-refractivity contribution in [3.05, 3.63) is 0 Å². The summed E-state index contributed by atoms with van der Waals surface area (Å²) in [5.74, 6) is 1.25. The molecule has 0 aromatic rings. The van der Waals surface area contributed by atoms with E-state index in [-0.39, 0.29) is 11.8 Å². The number of carbonyl (C=O) groups is 1. The van der Waals surface area contributed by atoms with Crippen LogP contribution in [0.1, 0.15) is 33.1 Å². The van der Waals surface area contributed by atoms with Crippen molar-refractivity contribution in [2.24, 2.45) is 4.99 Å². The second-order valence-corrected chi connectivity index (χ2v) is 3.59. The molecule has 1 saturated heterocycles. The Bertz CT molecular complexity index is 223. The number of ketones is 1. The van der Waals surface area contributed by atoms with Gasteiger partial charge in [-0.3, -0.25) is 9.79 Å². The molecule has 0 bridgehead atoms. The largest absolute Gasteiger partial charge is 0.351 e. The molecule has 13 heavy (non-hydrogen) atoms. The molecule has 3 heteroatoms. The molecule has 1 atom stereocenters. The molecule has 0 radical (unpaired) electrons. The van der Waals surface area contributed by atoms with Crippen molar-refractivity contribution in [3.8, 4) is 0 Å². The number of hydrogen-bond acceptors (Lipinski definition) is 2. The first-order chi connectivity index (χ1) is 6.16. The Morgan fingerprint density at radius 1 is 1.38 bits per heavy atom. The molecule has 0 spiro atoms. The molecule has 1 aliphatic heterocycles. The highest BCUT2D eigenvalue weighted by atomic mass is 16.1. The van der Waals surface area contributed by atoms with Gasteiger partial charge in [-0.05, 0) is 33.1 Å². The fourth-order valence-corrected chi connectivity index (χ4v) is 1.87. The Balaban J connectivity index is 2.73. The Kier molecular flexibility index (Phi) is 3.46. The van der Waals surface area contributed by atoms with Gasteiger partial charge in [0.15, 0.2) is 5.78 Å². The second-order valence-electron chi connectivity index (χ2n) is 3.59. The van der Waals surface area contributed by atoms with Gasteiger partial charge in [-0.2, -0.15) is 0 Å². The van der Waals surface area contributed by atoms with E-state index >= 15 is 0 Å². The summed E-state index contributed by atoms with van der Waals surface area (Å²) < 4.78 is 0. The lowest BCUT2D eigenvalue weighted by Gasteiger charge is -2.35. The molecule has 0 amide bonds. The standard InChI is InChI=1S/C10H18N2O/c1-8(13)10-6-4-5-7-12(10)9(2)11-3/h10H,4-7H2,1-3H3. The van der Waals surface area contributed by atoms with Gasteiger partial charge >= 0.3 is 0 Å². The predicted octanol–water partition coefficient (Wildman–Crippen LogP) is 1.48. The normalized spacial score (nSPS) is 24.7. The highest BCUT2D eigenvalue weighted by Crippen LogP contribution is 2.17. The molecular weight excluding hydrogens is 164 g/mol. The van der Waals surface area contributed by atoms with Crippen molar-refractivity contribution >= 4 is 11.6 Å². The van der Waals surface area contributed by atoms with Crippen LogP contribution >= 0.6 is 0 Å². The summed E-state index contributed by atoms with van der Waals surface area (Å²) in [4.78, 5) is 17.6. The van der Waals surface area contributed by atoms with Gasteiger partial charge in [-0.25, -0.2) is 0 Å². The Morgan fingerprint density at radius 2 is 2.08 bits per heavy atom. The summed E-state index contributed by atoms with van der Waals surface area (Å²) in [5, 5.41) is 0. The van der Waals surface area contributed by atoms with Crippen molar-refractivity contribution in [2.45, 2.75) is 39.2 Å². The number of piperidine rings is 1. The van der Waals surface area contributed by atoms with E-state index in [2.05, 4.69) is 9.89 Å². The molecule has 1 rings (SSSR count). The third-order valence-corrected chi connectivity index (χ3v) is 2.71. The van der Waals surface area contributed by atoms with E-state index < -0.39 is 0 Å². The van der Waals surface area contributed by atoms with Crippen LogP contribution in [0.2, 0.25) is 0 Å². The summed E-state index contributed by atoms with van der Waals surface area (Å²) >= 11 is 0. The average molecular weight is 182 g/mol. The molecule has 0 aromatic heterocycles. The summed E-state index contributed by atoms with van der Waals surface area (Å²) in [7, 11) is 1.78. The third kappa shape index (κ3) is 2.29. The van der Waals surface area contributed by atoms with Crippen LogP contribution in [0.15, 0.2) is 4.99 Å². The highest BCUT2D eigenvalue weighted by Gasteiger charge is 2.26. The van der Waals surface area contributed by atoms with Gasteiger partial charge in [0.25, 0.3) is 0 Å². The first-order valence-corrected chi connectivity index (χ1v) is 4.87. The molecule has 1 heterocycles. The molecule has 1 unspecified atom stereocenters. The SMILES string of the molecule is CN=C(C)N1CCCCC1C(C)=O. The zero-order chi connectivity index (χ0) is 9.84. The molecule has 1 aliphatic rings. The molecule has 0 N–H and O–H groups in total. The van der Waals surface area contributed by atoms with Gasteiger partial charge in [0, 0.05) is 13.6 Å². The monoisotopic (exact) mass is 182 g/mol. The molecule has 0 aromatic carbocycles. The van der Waals surface area contributed by atoms with Crippen molar-refractivity contribution in [3.63, 3.8) is 0 Å². The van der Waals surface area contributed by atoms with Crippen LogP contribution in [-0.4, -0.2) is 36.2 Å². The van der Waals surface area contributed by atoms with Crippen molar-refractivity contribution in [1.82, 2.24) is 4.90 Å². The van der Waals surface area contributed by atoms with Gasteiger partial charge < -0.3 is 4.90 Å². The number of hydrogen-bond donors (Lipinski definition) is 0. The minimum absolute atomic E-state index is 0.0810. The first-order valence-electron chi connectivity index (χ1n) is 4.87. The number of Topliss-reactive ketones (excluding diaryl/α,β-unsaturated/α-hetero) is 1. The second kappa shape index (κ2) is 4.40. The van der Waals surface area contributed by atoms with Crippen LogP contribution in [0.25, 0.3) is 0 Å². The number of likely N-dealkylation sites (tertiary alicyclic amines) is 1. The van der Waals surface area contributed by atoms with Crippen LogP contribution < -0.4 is 0 Å². The topological polar surface area (TPSA) is 32.7 Å². The summed E-state index contributed by atoms with van der Waals surface area (Å²) in [6.07, 6.45) is 3.33. The zero-order valence-corrected chi connectivity index (χ0v) is 8.71. The lowest BCUT2D eigenvalue weighted by molar-refractivity contribution is -0.121. The maximum absolute atomic E-state index is 11.3. The third-order valence-electron chi connectivity index (χ3n) is 2.71. The Labute approximate surface area is 79.8 Å². The number of aliphatic imine (C=N–C) groups is 1. The van der Waals surface area contributed by atoms with Gasteiger partial charge in [-0.1, -0.05) is 0 Å². The van der Waals surface area contributed by atoms with E-state index in [4.69, 9.17) is 0 Å². The fraction of sp³-hybridized carbons (Fsp3) is 0.800. The van der Waals surface area contributed by atoms with Crippen LogP contribution in [0.4, 0.5) is 0 Å². The first kappa shape index (κ1) is 10.2. The summed E-state index contributed by atoms with van der Waals surface area (Å²) in [6.45, 7) is 4.63. The molecule has 0 aliphatic carbocycles. The zero-order valence-electron chi connectivity index (χ0n) is 8.71. The van der Waals surface area contributed by atoms with E-state index in [1.165, 1.54) is 6.42 Å². The van der Waals surface area contributed by atoms with Gasteiger partial charge in [-0.15, -0.1) is 0 Å². The Morgan fingerprint density at radius 3 is 2.62 bits per heavy atom. The maximum atomic E-state index is 11.3. The van der Waals surface area contributed by atoms with E-state index in [9.17, 15) is 4.79 Å². The summed E-state index contributed by atoms with van der Waals surface area (Å²) in [6, 6.07) is 0.0810. The number of amidine groups is 1. The Hall–Kier alpha value is -0.860. The van der Waals surface area contributed by atoms with E-state index in [0.29, 0.717) is 0 Å². The quantitative estimate of drug-likeness (QED) is 0.454. The molecule has 3 nitrogen and oxygen atoms in total. The molecule has 1 fully saturated rings. The smallest absolute Gasteiger partial charge is 0.152 e. The minimum atomic E-state index is 0.0810. The lowest BCUT2D eigenvalue weighted by atomic mass is 9.99. The molecule has 0 saturated carbocycles. The molecule has 74 valence electrons. The lowest BCUT2D eigenvalue weighted by Crippen LogP contribution is -2.46. The highest BCUT2D eigenvalue weighted by molar-refractivity contribution is 5.89. The number of carbonyl (C=O) groups excluding carboxylic acids is 1. The summed E-state index contributed by atoms with van der Waals surface area (Å²) in [5.41, 5.74) is 0. The maximum Gasteiger partial charge on any atom is 0.152 e. The van der Waals surface area contributed by atoms with E-state index in [1.807, 2.05) is 6.92 Å². The average Bonchev–Trinajstić information content (AvgIpc) is 2.16. The number of nitrogens with zero attached hydrogens (tertiary/aromatic N) is 2. The van der Waals surface area contributed by atoms with Gasteiger partial charge in [0.1, 0.15) is 0 Å². The minimum Gasteiger partial charge on any atom is -0.351 e. The van der Waals surface area contributed by atoms with Crippen LogP contribution in [0.5, 0.6) is 0 Å². The van der Waals surface area contributed by atoms with Crippen molar-refractivity contribution < 1.29 is 4.79 Å². The van der Waals surface area contributed by atoms with E-state index in [0.717, 1.165) is 25.2 Å². The fourth-order valence-electron chi connectivity index (χ4n) is 1.87. The van der Waals surface area contributed by atoms with Gasteiger partial charge in [0.2, 0.25) is 0 Å². The van der Waals surface area contributed by atoms with Crippen LogP contribution in [-0.2, 0) is 4.79 Å². The van der Waals surface area contributed by atoms with Gasteiger partial charge in [0.05, 0.1) is 11.9 Å².